The van der Waals surface area contributed by atoms with E-state index in [1.807, 2.05) is 28.9 Å². The number of hydrogen-bond acceptors (Lipinski definition) is 4. The van der Waals surface area contributed by atoms with Gasteiger partial charge in [-0.25, -0.2) is 4.98 Å². The first-order chi connectivity index (χ1) is 12.7. The summed E-state index contributed by atoms with van der Waals surface area (Å²) in [5.74, 6) is 0.766. The number of nitrogens with one attached hydrogen (secondary N) is 2. The van der Waals surface area contributed by atoms with Crippen LogP contribution in [-0.4, -0.2) is 54.9 Å². The third-order valence-electron chi connectivity index (χ3n) is 4.21. The van der Waals surface area contributed by atoms with Crippen molar-refractivity contribution in [3.05, 3.63) is 34.7 Å². The minimum atomic E-state index is 0.295. The second-order valence-corrected chi connectivity index (χ2v) is 7.18. The van der Waals surface area contributed by atoms with Gasteiger partial charge in [-0.1, -0.05) is 0 Å². The van der Waals surface area contributed by atoms with E-state index in [9.17, 15) is 0 Å². The maximum absolute atomic E-state index is 5.66. The van der Waals surface area contributed by atoms with Crippen molar-refractivity contribution >= 4 is 27.5 Å². The molecule has 1 aliphatic heterocycles. The SMILES string of the molecule is CN=C(NCCCOCC1CCCO1)NCc1cn2cc(Br)ccc2n1. The van der Waals surface area contributed by atoms with Gasteiger partial charge in [-0.2, -0.15) is 0 Å². The summed E-state index contributed by atoms with van der Waals surface area (Å²) in [6.07, 6.45) is 7.50. The Balaban J connectivity index is 1.33. The third kappa shape index (κ3) is 5.69. The molecule has 0 aliphatic carbocycles. The average molecular weight is 424 g/mol. The molecule has 1 atom stereocenters. The van der Waals surface area contributed by atoms with Gasteiger partial charge in [0.2, 0.25) is 0 Å². The van der Waals surface area contributed by atoms with Crippen molar-refractivity contribution in [1.29, 1.82) is 0 Å². The molecule has 0 amide bonds. The highest BCUT2D eigenvalue weighted by molar-refractivity contribution is 9.10. The number of rotatable bonds is 8. The van der Waals surface area contributed by atoms with Crippen LogP contribution in [0.4, 0.5) is 0 Å². The zero-order valence-electron chi connectivity index (χ0n) is 15.1. The predicted octanol–water partition coefficient (Wildman–Crippen LogP) is 2.35. The minimum Gasteiger partial charge on any atom is -0.379 e. The predicted molar refractivity (Wildman–Crippen MR) is 106 cm³/mol. The van der Waals surface area contributed by atoms with Gasteiger partial charge in [0.05, 0.1) is 24.9 Å². The summed E-state index contributed by atoms with van der Waals surface area (Å²) < 4.78 is 14.2. The first kappa shape index (κ1) is 19.1. The van der Waals surface area contributed by atoms with Gasteiger partial charge in [-0.15, -0.1) is 0 Å². The van der Waals surface area contributed by atoms with E-state index in [2.05, 4.69) is 36.5 Å². The topological polar surface area (TPSA) is 72.2 Å². The Labute approximate surface area is 162 Å². The number of halogens is 1. The Kier molecular flexibility index (Phi) is 7.28. The molecule has 0 aromatic carbocycles. The molecule has 8 heteroatoms. The van der Waals surface area contributed by atoms with Crippen LogP contribution in [0.25, 0.3) is 5.65 Å². The zero-order chi connectivity index (χ0) is 18.2. The highest BCUT2D eigenvalue weighted by Gasteiger charge is 2.14. The average Bonchev–Trinajstić information content (AvgIpc) is 3.29. The molecule has 1 aliphatic rings. The van der Waals surface area contributed by atoms with E-state index in [0.29, 0.717) is 19.3 Å². The summed E-state index contributed by atoms with van der Waals surface area (Å²) >= 11 is 3.47. The number of nitrogens with zero attached hydrogens (tertiary/aromatic N) is 3. The molecule has 26 heavy (non-hydrogen) atoms. The van der Waals surface area contributed by atoms with Crippen LogP contribution in [-0.2, 0) is 16.0 Å². The lowest BCUT2D eigenvalue weighted by molar-refractivity contribution is 0.0168. The molecule has 1 fully saturated rings. The van der Waals surface area contributed by atoms with Crippen LogP contribution >= 0.6 is 15.9 Å². The van der Waals surface area contributed by atoms with E-state index in [4.69, 9.17) is 9.47 Å². The van der Waals surface area contributed by atoms with E-state index in [1.54, 1.807) is 7.05 Å². The first-order valence-corrected chi connectivity index (χ1v) is 9.81. The lowest BCUT2D eigenvalue weighted by Gasteiger charge is -2.12. The summed E-state index contributed by atoms with van der Waals surface area (Å²) in [4.78, 5) is 8.83. The van der Waals surface area contributed by atoms with Gasteiger partial charge >= 0.3 is 0 Å². The van der Waals surface area contributed by atoms with Gasteiger partial charge in [-0.3, -0.25) is 4.99 Å². The Morgan fingerprint density at radius 2 is 2.35 bits per heavy atom. The second kappa shape index (κ2) is 9.89. The third-order valence-corrected chi connectivity index (χ3v) is 4.68. The fourth-order valence-corrected chi connectivity index (χ4v) is 3.22. The summed E-state index contributed by atoms with van der Waals surface area (Å²) in [7, 11) is 1.77. The van der Waals surface area contributed by atoms with Crippen LogP contribution in [0, 0.1) is 0 Å². The Morgan fingerprint density at radius 3 is 3.15 bits per heavy atom. The van der Waals surface area contributed by atoms with E-state index < -0.39 is 0 Å². The molecule has 0 radical (unpaired) electrons. The van der Waals surface area contributed by atoms with Crippen LogP contribution in [0.2, 0.25) is 0 Å². The zero-order valence-corrected chi connectivity index (χ0v) is 16.7. The quantitative estimate of drug-likeness (QED) is 0.387. The van der Waals surface area contributed by atoms with Crippen molar-refractivity contribution in [2.45, 2.75) is 31.9 Å². The fraction of sp³-hybridized carbons (Fsp3) is 0.556. The van der Waals surface area contributed by atoms with Crippen LogP contribution in [0.15, 0.2) is 34.0 Å². The monoisotopic (exact) mass is 423 g/mol. The van der Waals surface area contributed by atoms with E-state index in [-0.39, 0.29) is 0 Å². The number of aromatic nitrogens is 2. The highest BCUT2D eigenvalue weighted by Crippen LogP contribution is 2.13. The van der Waals surface area contributed by atoms with Gasteiger partial charge in [0.1, 0.15) is 5.65 Å². The summed E-state index contributed by atoms with van der Waals surface area (Å²) in [5.41, 5.74) is 1.89. The van der Waals surface area contributed by atoms with Crippen molar-refractivity contribution in [2.75, 3.05) is 33.4 Å². The number of hydrogen-bond donors (Lipinski definition) is 2. The molecule has 2 aromatic rings. The Hall–Kier alpha value is -1.64. The molecule has 3 heterocycles. The molecule has 1 saturated heterocycles. The van der Waals surface area contributed by atoms with Crippen LogP contribution < -0.4 is 10.6 Å². The lowest BCUT2D eigenvalue weighted by atomic mass is 10.2. The van der Waals surface area contributed by atoms with Crippen molar-refractivity contribution in [3.63, 3.8) is 0 Å². The number of imidazole rings is 1. The molecule has 0 spiro atoms. The summed E-state index contributed by atoms with van der Waals surface area (Å²) in [6.45, 7) is 3.74. The standard InChI is InChI=1S/C18H26BrN5O2/c1-20-18(21-7-3-8-25-13-16-4-2-9-26-16)22-10-15-12-24-11-14(19)5-6-17(24)23-15/h5-6,11-12,16H,2-4,7-10,13H2,1H3,(H2,20,21,22). The largest absolute Gasteiger partial charge is 0.379 e. The molecule has 3 rings (SSSR count). The minimum absolute atomic E-state index is 0.295. The number of fused-ring (bicyclic) bond motifs is 1. The van der Waals surface area contributed by atoms with Gasteiger partial charge in [-0.05, 0) is 47.3 Å². The summed E-state index contributed by atoms with van der Waals surface area (Å²) in [6, 6.07) is 3.97. The fourth-order valence-electron chi connectivity index (χ4n) is 2.87. The maximum atomic E-state index is 5.66. The van der Waals surface area contributed by atoms with Gasteiger partial charge < -0.3 is 24.5 Å². The number of guanidine groups is 1. The Morgan fingerprint density at radius 1 is 1.42 bits per heavy atom. The smallest absolute Gasteiger partial charge is 0.191 e. The summed E-state index contributed by atoms with van der Waals surface area (Å²) in [5, 5.41) is 6.58. The van der Waals surface area contributed by atoms with Crippen LogP contribution in [0.5, 0.6) is 0 Å². The Bertz CT molecular complexity index is 727. The maximum Gasteiger partial charge on any atom is 0.191 e. The molecular formula is C18H26BrN5O2. The molecule has 142 valence electrons. The van der Waals surface area contributed by atoms with E-state index >= 15 is 0 Å². The second-order valence-electron chi connectivity index (χ2n) is 6.26. The molecule has 7 nitrogen and oxygen atoms in total. The highest BCUT2D eigenvalue weighted by atomic mass is 79.9. The molecule has 0 saturated carbocycles. The van der Waals surface area contributed by atoms with E-state index in [1.165, 1.54) is 0 Å². The normalized spacial score (nSPS) is 17.8. The number of ether oxygens (including phenoxy) is 2. The molecule has 1 unspecified atom stereocenters. The molecule has 0 bridgehead atoms. The van der Waals surface area contributed by atoms with Gasteiger partial charge in [0.15, 0.2) is 5.96 Å². The molecular weight excluding hydrogens is 398 g/mol. The van der Waals surface area contributed by atoms with Crippen molar-refractivity contribution < 1.29 is 9.47 Å². The van der Waals surface area contributed by atoms with Crippen molar-refractivity contribution in [1.82, 2.24) is 20.0 Å². The number of pyridine rings is 1. The van der Waals surface area contributed by atoms with Gasteiger partial charge in [0.25, 0.3) is 0 Å². The molecule has 2 aromatic heterocycles. The van der Waals surface area contributed by atoms with Crippen molar-refractivity contribution in [3.8, 4) is 0 Å². The first-order valence-electron chi connectivity index (χ1n) is 9.01. The molecule has 2 N–H and O–H groups in total. The van der Waals surface area contributed by atoms with Gasteiger partial charge in [0, 0.05) is 43.7 Å². The van der Waals surface area contributed by atoms with Crippen LogP contribution in [0.3, 0.4) is 0 Å². The van der Waals surface area contributed by atoms with E-state index in [0.717, 1.165) is 60.8 Å². The lowest BCUT2D eigenvalue weighted by Crippen LogP contribution is -2.37. The number of aliphatic imine (C=N–C) groups is 1. The van der Waals surface area contributed by atoms with Crippen molar-refractivity contribution in [2.24, 2.45) is 4.99 Å². The van der Waals surface area contributed by atoms with Crippen LogP contribution in [0.1, 0.15) is 25.0 Å².